The highest BCUT2D eigenvalue weighted by atomic mass is 28.4. The maximum atomic E-state index is 6.04. The zero-order chi connectivity index (χ0) is 12.7. The third kappa shape index (κ3) is 7.31. The van der Waals surface area contributed by atoms with E-state index in [-0.39, 0.29) is 0 Å². The zero-order valence-corrected chi connectivity index (χ0v) is 13.4. The maximum Gasteiger partial charge on any atom is 0.223 e. The van der Waals surface area contributed by atoms with E-state index in [4.69, 9.17) is 4.12 Å². The number of hydrogen-bond donors (Lipinski definition) is 0. The Morgan fingerprint density at radius 1 is 1.18 bits per heavy atom. The summed E-state index contributed by atoms with van der Waals surface area (Å²) in [5.74, 6) is 0. The summed E-state index contributed by atoms with van der Waals surface area (Å²) in [6, 6.07) is 10.6. The van der Waals surface area contributed by atoms with Crippen LogP contribution in [0.4, 0.5) is 0 Å². The summed E-state index contributed by atoms with van der Waals surface area (Å²) >= 11 is 0. The van der Waals surface area contributed by atoms with Gasteiger partial charge < -0.3 is 4.12 Å². The van der Waals surface area contributed by atoms with Gasteiger partial charge in [0.25, 0.3) is 0 Å². The molecule has 93 valence electrons. The first-order valence-corrected chi connectivity index (χ1v) is 11.6. The predicted molar refractivity (Wildman–Crippen MR) is 80.0 cm³/mol. The second-order valence-electron chi connectivity index (χ2n) is 5.25. The quantitative estimate of drug-likeness (QED) is 0.699. The Labute approximate surface area is 108 Å². The predicted octanol–water partition coefficient (Wildman–Crippen LogP) is 4.19. The molecule has 0 fully saturated rings. The molecule has 0 aromatic heterocycles. The molecule has 0 aliphatic rings. The number of hydrogen-bond acceptors (Lipinski definition) is 1. The lowest BCUT2D eigenvalue weighted by atomic mass is 10.1. The lowest BCUT2D eigenvalue weighted by Crippen LogP contribution is -2.32. The minimum absolute atomic E-state index is 0.720. The molecule has 1 nitrogen and oxygen atoms in total. The first-order valence-electron chi connectivity index (χ1n) is 6.20. The van der Waals surface area contributed by atoms with E-state index in [0.29, 0.717) is 0 Å². The summed E-state index contributed by atoms with van der Waals surface area (Å²) in [7, 11) is -2.07. The second kappa shape index (κ2) is 6.94. The van der Waals surface area contributed by atoms with Gasteiger partial charge in [-0.05, 0) is 44.6 Å². The Kier molecular flexibility index (Phi) is 5.88. The van der Waals surface area contributed by atoms with Gasteiger partial charge in [-0.15, -0.1) is 0 Å². The van der Waals surface area contributed by atoms with Gasteiger partial charge >= 0.3 is 0 Å². The van der Waals surface area contributed by atoms with Gasteiger partial charge in [0.2, 0.25) is 9.04 Å². The van der Waals surface area contributed by atoms with Gasteiger partial charge in [-0.1, -0.05) is 42.1 Å². The molecule has 0 heterocycles. The third-order valence-electron chi connectivity index (χ3n) is 2.26. The monoisotopic (exact) mass is 263 g/mol. The van der Waals surface area contributed by atoms with Crippen LogP contribution in [0.5, 0.6) is 0 Å². The van der Waals surface area contributed by atoms with Gasteiger partial charge in [0, 0.05) is 0 Å². The van der Waals surface area contributed by atoms with Gasteiger partial charge in [-0.25, -0.2) is 0 Å². The van der Waals surface area contributed by atoms with Crippen molar-refractivity contribution in [1.82, 2.24) is 0 Å². The van der Waals surface area contributed by atoms with Crippen LogP contribution in [0.2, 0.25) is 26.2 Å². The molecular weight excluding hydrogens is 240 g/mol. The molecule has 1 radical (unpaired) electrons. The molecule has 3 heteroatoms. The van der Waals surface area contributed by atoms with E-state index in [1.165, 1.54) is 5.56 Å². The molecule has 17 heavy (non-hydrogen) atoms. The molecule has 0 aliphatic carbocycles. The van der Waals surface area contributed by atoms with Gasteiger partial charge in [0.05, 0.1) is 0 Å². The first-order chi connectivity index (χ1) is 7.97. The molecule has 0 saturated carbocycles. The van der Waals surface area contributed by atoms with E-state index in [1.54, 1.807) is 0 Å². The number of allylic oxidation sites excluding steroid dienone is 1. The summed E-state index contributed by atoms with van der Waals surface area (Å²) in [4.78, 5) is 0. The summed E-state index contributed by atoms with van der Waals surface area (Å²) in [6.07, 6.45) is 4.52. The number of benzene rings is 1. The van der Waals surface area contributed by atoms with Crippen molar-refractivity contribution >= 4 is 17.4 Å². The molecule has 0 spiro atoms. The highest BCUT2D eigenvalue weighted by Crippen LogP contribution is 2.07. The highest BCUT2D eigenvalue weighted by molar-refractivity contribution is 6.78. The van der Waals surface area contributed by atoms with Crippen molar-refractivity contribution < 1.29 is 4.12 Å². The smallest absolute Gasteiger partial charge is 0.223 e. The van der Waals surface area contributed by atoms with Crippen LogP contribution < -0.4 is 0 Å². The fraction of sp³-hybridized carbons (Fsp3) is 0.429. The van der Waals surface area contributed by atoms with Crippen LogP contribution in [-0.2, 0) is 10.5 Å². The van der Waals surface area contributed by atoms with E-state index >= 15 is 0 Å². The molecule has 0 saturated heterocycles. The molecular formula is C14H23OSi2. The van der Waals surface area contributed by atoms with Crippen LogP contribution in [0.3, 0.4) is 0 Å². The molecule has 0 atom stereocenters. The molecule has 0 unspecified atom stereocenters. The molecule has 1 aromatic carbocycles. The van der Waals surface area contributed by atoms with E-state index < -0.39 is 17.4 Å². The molecule has 0 N–H and O–H groups in total. The normalized spacial score (nSPS) is 12.5. The summed E-state index contributed by atoms with van der Waals surface area (Å²) in [5.41, 5.74) is 3.69. The SMILES string of the molecule is C[Si](/C=C/CCc1ccccc1)O[Si](C)(C)C. The Morgan fingerprint density at radius 2 is 1.82 bits per heavy atom. The van der Waals surface area contributed by atoms with Gasteiger partial charge in [0.1, 0.15) is 0 Å². The molecule has 1 aromatic rings. The van der Waals surface area contributed by atoms with Crippen LogP contribution in [0, 0.1) is 0 Å². The lowest BCUT2D eigenvalue weighted by Gasteiger charge is -2.20. The average Bonchev–Trinajstić information content (AvgIpc) is 2.23. The van der Waals surface area contributed by atoms with Crippen molar-refractivity contribution in [3.8, 4) is 0 Å². The fourth-order valence-corrected chi connectivity index (χ4v) is 6.30. The Balaban J connectivity index is 2.27. The van der Waals surface area contributed by atoms with Crippen molar-refractivity contribution in [1.29, 1.82) is 0 Å². The van der Waals surface area contributed by atoms with Crippen LogP contribution >= 0.6 is 0 Å². The lowest BCUT2D eigenvalue weighted by molar-refractivity contribution is 0.587. The highest BCUT2D eigenvalue weighted by Gasteiger charge is 2.17. The minimum atomic E-state index is -1.35. The second-order valence-corrected chi connectivity index (χ2v) is 11.8. The third-order valence-corrected chi connectivity index (χ3v) is 6.70. The Hall–Kier alpha value is -0.646. The van der Waals surface area contributed by atoms with Crippen molar-refractivity contribution in [2.75, 3.05) is 0 Å². The van der Waals surface area contributed by atoms with Crippen molar-refractivity contribution in [2.24, 2.45) is 0 Å². The van der Waals surface area contributed by atoms with Crippen molar-refractivity contribution in [2.45, 2.75) is 39.0 Å². The molecule has 0 bridgehead atoms. The van der Waals surface area contributed by atoms with Gasteiger partial charge in [0.15, 0.2) is 8.32 Å². The largest absolute Gasteiger partial charge is 0.453 e. The Morgan fingerprint density at radius 3 is 2.41 bits per heavy atom. The number of aryl methyl sites for hydroxylation is 1. The van der Waals surface area contributed by atoms with Crippen LogP contribution in [0.1, 0.15) is 12.0 Å². The van der Waals surface area contributed by atoms with Crippen LogP contribution in [0.25, 0.3) is 0 Å². The first kappa shape index (κ1) is 14.4. The fourth-order valence-electron chi connectivity index (χ4n) is 1.66. The standard InChI is InChI=1S/C14H23OSi2/c1-16(15-17(2,3)4)13-9-8-12-14-10-6-5-7-11-14/h5-7,9-11,13H,8,12H2,1-4H3/b13-9+. The van der Waals surface area contributed by atoms with E-state index in [0.717, 1.165) is 12.8 Å². The molecule has 0 amide bonds. The molecule has 0 aliphatic heterocycles. The van der Waals surface area contributed by atoms with E-state index in [2.05, 4.69) is 68.3 Å². The van der Waals surface area contributed by atoms with Crippen molar-refractivity contribution in [3.05, 3.63) is 47.7 Å². The van der Waals surface area contributed by atoms with Gasteiger partial charge in [-0.3, -0.25) is 0 Å². The van der Waals surface area contributed by atoms with E-state index in [9.17, 15) is 0 Å². The van der Waals surface area contributed by atoms with Gasteiger partial charge in [-0.2, -0.15) is 0 Å². The van der Waals surface area contributed by atoms with Crippen LogP contribution in [-0.4, -0.2) is 17.4 Å². The summed E-state index contributed by atoms with van der Waals surface area (Å²) in [5, 5.41) is 0. The van der Waals surface area contributed by atoms with Crippen LogP contribution in [0.15, 0.2) is 42.1 Å². The maximum absolute atomic E-state index is 6.04. The zero-order valence-electron chi connectivity index (χ0n) is 11.4. The number of rotatable bonds is 6. The van der Waals surface area contributed by atoms with E-state index in [1.807, 2.05) is 0 Å². The average molecular weight is 264 g/mol. The molecule has 1 rings (SSSR count). The minimum Gasteiger partial charge on any atom is -0.453 e. The summed E-state index contributed by atoms with van der Waals surface area (Å²) in [6.45, 7) is 8.97. The van der Waals surface area contributed by atoms with Crippen molar-refractivity contribution in [3.63, 3.8) is 0 Å². The topological polar surface area (TPSA) is 9.23 Å². The Bertz CT molecular complexity index is 341. The summed E-state index contributed by atoms with van der Waals surface area (Å²) < 4.78 is 6.04.